The Kier molecular flexibility index (Phi) is 7.89. The fourth-order valence-corrected chi connectivity index (χ4v) is 1.89. The van der Waals surface area contributed by atoms with E-state index in [1.54, 1.807) is 18.3 Å². The molecule has 0 aliphatic rings. The molecule has 120 valence electrons. The number of hydrogen-bond acceptors (Lipinski definition) is 4. The number of non-ortho nitro benzene ring substituents is 1. The van der Waals surface area contributed by atoms with E-state index < -0.39 is 4.92 Å². The van der Waals surface area contributed by atoms with Crippen LogP contribution in [0.5, 0.6) is 0 Å². The number of benzene rings is 1. The molecule has 1 rings (SSSR count). The summed E-state index contributed by atoms with van der Waals surface area (Å²) in [6, 6.07) is 6.19. The van der Waals surface area contributed by atoms with Crippen LogP contribution in [0, 0.1) is 16.0 Å². The quantitative estimate of drug-likeness (QED) is 0.218. The Morgan fingerprint density at radius 2 is 2.00 bits per heavy atom. The van der Waals surface area contributed by atoms with Crippen LogP contribution in [0.25, 0.3) is 0 Å². The molecule has 1 aromatic rings. The summed E-state index contributed by atoms with van der Waals surface area (Å²) in [5.74, 6) is 0.602. The van der Waals surface area contributed by atoms with E-state index in [0.29, 0.717) is 12.5 Å². The fourth-order valence-electron chi connectivity index (χ4n) is 1.89. The van der Waals surface area contributed by atoms with Crippen molar-refractivity contribution in [2.24, 2.45) is 11.1 Å². The highest BCUT2D eigenvalue weighted by Gasteiger charge is 2.03. The number of oxime groups is 1. The second-order valence-corrected chi connectivity index (χ2v) is 5.67. The van der Waals surface area contributed by atoms with E-state index in [1.165, 1.54) is 17.7 Å². The lowest BCUT2D eigenvalue weighted by atomic mass is 10.0. The van der Waals surface area contributed by atoms with Crippen LogP contribution in [0.1, 0.15) is 45.6 Å². The maximum atomic E-state index is 10.5. The van der Waals surface area contributed by atoms with Gasteiger partial charge in [-0.15, -0.1) is 0 Å². The van der Waals surface area contributed by atoms with Crippen molar-refractivity contribution >= 4 is 11.9 Å². The Morgan fingerprint density at radius 1 is 1.32 bits per heavy atom. The largest absolute Gasteiger partial charge is 0.396 e. The molecule has 5 heteroatoms. The van der Waals surface area contributed by atoms with Crippen molar-refractivity contribution in [1.29, 1.82) is 0 Å². The first-order chi connectivity index (χ1) is 10.5. The summed E-state index contributed by atoms with van der Waals surface area (Å²) < 4.78 is 0. The van der Waals surface area contributed by atoms with Crippen LogP contribution < -0.4 is 0 Å². The third-order valence-corrected chi connectivity index (χ3v) is 3.29. The van der Waals surface area contributed by atoms with Crippen LogP contribution in [0.2, 0.25) is 0 Å². The first-order valence-corrected chi connectivity index (χ1v) is 7.52. The molecule has 0 bridgehead atoms. The summed E-state index contributed by atoms with van der Waals surface area (Å²) in [6.45, 7) is 7.02. The lowest BCUT2D eigenvalue weighted by Gasteiger charge is -2.08. The van der Waals surface area contributed by atoms with Crippen molar-refractivity contribution in [2.75, 3.05) is 6.61 Å². The second kappa shape index (κ2) is 9.71. The van der Waals surface area contributed by atoms with E-state index in [0.717, 1.165) is 24.8 Å². The van der Waals surface area contributed by atoms with E-state index in [9.17, 15) is 10.1 Å². The Morgan fingerprint density at radius 3 is 2.59 bits per heavy atom. The molecule has 1 unspecified atom stereocenters. The van der Waals surface area contributed by atoms with Crippen LogP contribution in [0.15, 0.2) is 41.1 Å². The van der Waals surface area contributed by atoms with E-state index in [-0.39, 0.29) is 5.69 Å². The van der Waals surface area contributed by atoms with Crippen molar-refractivity contribution in [3.63, 3.8) is 0 Å². The smallest absolute Gasteiger partial charge is 0.269 e. The Labute approximate surface area is 131 Å². The predicted octanol–water partition coefficient (Wildman–Crippen LogP) is 4.72. The van der Waals surface area contributed by atoms with Crippen molar-refractivity contribution in [3.05, 3.63) is 51.6 Å². The molecule has 0 aromatic heterocycles. The second-order valence-electron chi connectivity index (χ2n) is 5.67. The molecule has 0 heterocycles. The van der Waals surface area contributed by atoms with Gasteiger partial charge >= 0.3 is 0 Å². The van der Waals surface area contributed by atoms with Gasteiger partial charge in [-0.3, -0.25) is 10.1 Å². The first-order valence-electron chi connectivity index (χ1n) is 7.52. The summed E-state index contributed by atoms with van der Waals surface area (Å²) in [4.78, 5) is 15.3. The Hall–Kier alpha value is -2.17. The molecular weight excluding hydrogens is 280 g/mol. The molecule has 0 radical (unpaired) electrons. The molecule has 0 saturated carbocycles. The number of nitrogens with zero attached hydrogens (tertiary/aromatic N) is 2. The highest BCUT2D eigenvalue weighted by Crippen LogP contribution is 2.12. The van der Waals surface area contributed by atoms with Crippen LogP contribution in [0.3, 0.4) is 0 Å². The van der Waals surface area contributed by atoms with Gasteiger partial charge in [0.25, 0.3) is 5.69 Å². The minimum Gasteiger partial charge on any atom is -0.396 e. The van der Waals surface area contributed by atoms with Crippen LogP contribution in [-0.2, 0) is 4.84 Å². The number of nitro benzene ring substituents is 1. The zero-order valence-corrected chi connectivity index (χ0v) is 13.5. The lowest BCUT2D eigenvalue weighted by molar-refractivity contribution is -0.384. The average Bonchev–Trinajstić information content (AvgIpc) is 2.47. The van der Waals surface area contributed by atoms with Gasteiger partial charge in [0, 0.05) is 12.1 Å². The van der Waals surface area contributed by atoms with Crippen LogP contribution in [0.4, 0.5) is 5.69 Å². The maximum absolute atomic E-state index is 10.5. The van der Waals surface area contributed by atoms with Gasteiger partial charge in [-0.1, -0.05) is 23.7 Å². The third-order valence-electron chi connectivity index (χ3n) is 3.29. The van der Waals surface area contributed by atoms with Gasteiger partial charge in [-0.2, -0.15) is 0 Å². The molecule has 22 heavy (non-hydrogen) atoms. The zero-order chi connectivity index (χ0) is 16.4. The molecule has 0 spiro atoms. The third kappa shape index (κ3) is 7.57. The predicted molar refractivity (Wildman–Crippen MR) is 89.1 cm³/mol. The van der Waals surface area contributed by atoms with E-state index in [1.807, 2.05) is 0 Å². The molecule has 1 aromatic carbocycles. The SMILES string of the molecule is CC(C)=CCCC(C)CCO/N=C/c1ccc([N+](=O)[O-])cc1. The number of rotatable bonds is 9. The minimum atomic E-state index is -0.423. The van der Waals surface area contributed by atoms with E-state index in [4.69, 9.17) is 4.84 Å². The van der Waals surface area contributed by atoms with E-state index >= 15 is 0 Å². The first kappa shape index (κ1) is 17.9. The zero-order valence-electron chi connectivity index (χ0n) is 13.5. The summed E-state index contributed by atoms with van der Waals surface area (Å²) >= 11 is 0. The molecule has 1 atom stereocenters. The summed E-state index contributed by atoms with van der Waals surface area (Å²) in [6.07, 6.45) is 7.05. The summed E-state index contributed by atoms with van der Waals surface area (Å²) in [7, 11) is 0. The lowest BCUT2D eigenvalue weighted by Crippen LogP contribution is -1.99. The van der Waals surface area contributed by atoms with Gasteiger partial charge in [0.15, 0.2) is 0 Å². The van der Waals surface area contributed by atoms with Gasteiger partial charge < -0.3 is 4.84 Å². The minimum absolute atomic E-state index is 0.0725. The summed E-state index contributed by atoms with van der Waals surface area (Å²) in [5, 5.41) is 14.4. The van der Waals surface area contributed by atoms with Gasteiger partial charge in [0.2, 0.25) is 0 Å². The van der Waals surface area contributed by atoms with Gasteiger partial charge in [0.1, 0.15) is 6.61 Å². The molecule has 0 amide bonds. The monoisotopic (exact) mass is 304 g/mol. The normalized spacial score (nSPS) is 12.1. The number of hydrogen-bond donors (Lipinski definition) is 0. The molecule has 5 nitrogen and oxygen atoms in total. The molecular formula is C17H24N2O3. The van der Waals surface area contributed by atoms with Gasteiger partial charge in [0.05, 0.1) is 11.1 Å². The molecule has 0 saturated heterocycles. The van der Waals surface area contributed by atoms with Crippen LogP contribution >= 0.6 is 0 Å². The standard InChI is InChI=1S/C17H24N2O3/c1-14(2)5-4-6-15(3)11-12-22-18-13-16-7-9-17(10-8-16)19(20)21/h5,7-10,13,15H,4,6,11-12H2,1-3H3/b18-13+. The van der Waals surface area contributed by atoms with Gasteiger partial charge in [-0.25, -0.2) is 0 Å². The van der Waals surface area contributed by atoms with Crippen molar-refractivity contribution in [2.45, 2.75) is 40.0 Å². The van der Waals surface area contributed by atoms with Crippen molar-refractivity contribution in [1.82, 2.24) is 0 Å². The highest BCUT2D eigenvalue weighted by atomic mass is 16.6. The molecule has 0 aliphatic carbocycles. The summed E-state index contributed by atoms with van der Waals surface area (Å²) in [5.41, 5.74) is 2.21. The van der Waals surface area contributed by atoms with E-state index in [2.05, 4.69) is 32.0 Å². The molecule has 0 fully saturated rings. The fraction of sp³-hybridized carbons (Fsp3) is 0.471. The van der Waals surface area contributed by atoms with Gasteiger partial charge in [-0.05, 0) is 56.7 Å². The Balaban J connectivity index is 2.23. The van der Waals surface area contributed by atoms with Crippen molar-refractivity contribution in [3.8, 4) is 0 Å². The Bertz CT molecular complexity index is 517. The molecule has 0 aliphatic heterocycles. The number of nitro groups is 1. The van der Waals surface area contributed by atoms with Crippen molar-refractivity contribution < 1.29 is 9.76 Å². The average molecular weight is 304 g/mol. The highest BCUT2D eigenvalue weighted by molar-refractivity contribution is 5.79. The van der Waals surface area contributed by atoms with Crippen LogP contribution in [-0.4, -0.2) is 17.7 Å². The maximum Gasteiger partial charge on any atom is 0.269 e. The molecule has 0 N–H and O–H groups in total. The topological polar surface area (TPSA) is 64.7 Å². The number of allylic oxidation sites excluding steroid dienone is 2.